The molecule has 0 aliphatic heterocycles. The summed E-state index contributed by atoms with van der Waals surface area (Å²) < 4.78 is 13.9. The van der Waals surface area contributed by atoms with Crippen LogP contribution in [0.2, 0.25) is 1.41 Å². The summed E-state index contributed by atoms with van der Waals surface area (Å²) in [5.41, 5.74) is 8.00. The van der Waals surface area contributed by atoms with Gasteiger partial charge in [-0.3, -0.25) is 14.4 Å². The van der Waals surface area contributed by atoms with Crippen LogP contribution in [0.15, 0.2) is 12.5 Å². The van der Waals surface area contributed by atoms with Gasteiger partial charge in [-0.1, -0.05) is 6.42 Å². The molecule has 0 spiro atoms. The third kappa shape index (κ3) is 9.17. The summed E-state index contributed by atoms with van der Waals surface area (Å²) in [6, 6.07) is -3.52. The van der Waals surface area contributed by atoms with E-state index in [9.17, 15) is 24.3 Å². The highest BCUT2D eigenvalue weighted by molar-refractivity contribution is 5.92. The van der Waals surface area contributed by atoms with E-state index in [0.717, 1.165) is 0 Å². The second kappa shape index (κ2) is 12.5. The summed E-state index contributed by atoms with van der Waals surface area (Å²) in [4.78, 5) is 54.6. The van der Waals surface area contributed by atoms with Gasteiger partial charge in [-0.2, -0.15) is 0 Å². The van der Waals surface area contributed by atoms with Gasteiger partial charge in [0.2, 0.25) is 11.8 Å². The number of carboxylic acid groups (broad SMARTS) is 2. The van der Waals surface area contributed by atoms with Crippen molar-refractivity contribution >= 4 is 23.8 Å². The molecule has 0 saturated heterocycles. The number of aliphatic carboxylic acids is 2. The Hall–Kier alpha value is -2.99. The van der Waals surface area contributed by atoms with Gasteiger partial charge in [-0.15, -0.1) is 0 Å². The summed E-state index contributed by atoms with van der Waals surface area (Å²) in [5, 5.41) is 18.0. The van der Waals surface area contributed by atoms with Crippen molar-refractivity contribution in [3.8, 4) is 0 Å². The number of carboxylic acids is 2. The van der Waals surface area contributed by atoms with E-state index in [1.807, 2.05) is 0 Å². The second-order valence-corrected chi connectivity index (χ2v) is 6.49. The molecule has 0 radical (unpaired) electrons. The molecular weight excluding hydrogens is 384 g/mol. The van der Waals surface area contributed by atoms with E-state index >= 15 is 0 Å². The molecule has 0 aromatic carbocycles. The summed E-state index contributed by atoms with van der Waals surface area (Å²) in [6.07, 6.45) is 3.65. The Morgan fingerprint density at radius 1 is 1.21 bits per heavy atom. The average molecular weight is 414 g/mol. The normalized spacial score (nSPS) is 14.7. The van der Waals surface area contributed by atoms with E-state index in [4.69, 9.17) is 8.58 Å². The number of imidazole rings is 1. The van der Waals surface area contributed by atoms with E-state index in [1.165, 1.54) is 12.5 Å². The van der Waals surface area contributed by atoms with Crippen LogP contribution in [0.25, 0.3) is 1.43 Å². The van der Waals surface area contributed by atoms with Crippen LogP contribution in [-0.2, 0) is 25.6 Å². The van der Waals surface area contributed by atoms with Gasteiger partial charge in [-0.25, -0.2) is 9.78 Å². The van der Waals surface area contributed by atoms with Gasteiger partial charge in [0, 0.05) is 24.7 Å². The van der Waals surface area contributed by atoms with Gasteiger partial charge < -0.3 is 37.3 Å². The summed E-state index contributed by atoms with van der Waals surface area (Å²) in [6.45, 7) is 0.430. The number of amides is 2. The Morgan fingerprint density at radius 3 is 2.55 bits per heavy atom. The van der Waals surface area contributed by atoms with Crippen LogP contribution in [0.4, 0.5) is 0 Å². The number of hydrogen-bond donors (Lipinski definition) is 7. The lowest BCUT2D eigenvalue weighted by Gasteiger charge is -2.22. The standard InChI is InChI=1S/C17H28N6O6/c18-6-2-1-3-11(19)15(26)22-12(4-5-14(24)25)16(27)23-13(17(28)29)7-10-8-20-9-21-10/h8-9,11-13H,1-7,18-19H2,(H,20,21)(H,22,26)(H,23,27)(H,24,25)(H,28,29)/t11-,12-,13+/m1/s1/i/hD2. The molecular formula is C17H28N6O6. The van der Waals surface area contributed by atoms with Crippen molar-refractivity contribution in [1.29, 1.82) is 1.43 Å². The fourth-order valence-electron chi connectivity index (χ4n) is 2.52. The number of nitrogens with two attached hydrogens (primary N) is 2. The van der Waals surface area contributed by atoms with Crippen molar-refractivity contribution in [1.82, 2.24) is 20.6 Å². The minimum Gasteiger partial charge on any atom is -0.481 e. The highest BCUT2D eigenvalue weighted by atomic mass is 16.4. The molecule has 0 saturated carbocycles. The van der Waals surface area contributed by atoms with Gasteiger partial charge in [0.25, 0.3) is 1.43 Å². The highest BCUT2D eigenvalue weighted by Crippen LogP contribution is 2.05. The zero-order valence-corrected chi connectivity index (χ0v) is 15.8. The van der Waals surface area contributed by atoms with E-state index in [2.05, 4.69) is 31.4 Å². The van der Waals surface area contributed by atoms with Gasteiger partial charge in [0.15, 0.2) is 0 Å². The molecule has 2 amide bonds. The SMILES string of the molecule is [2H]N[C@H](CCCCN)C(=O)N[C@H](CCC(=O)O[2H])C(=O)N[C@@H](Cc1cnc[nH]1)C(=O)O. The number of carbonyl (C=O) groups is 4. The Labute approximate surface area is 170 Å². The Morgan fingerprint density at radius 2 is 1.97 bits per heavy atom. The molecule has 1 rings (SSSR count). The summed E-state index contributed by atoms with van der Waals surface area (Å²) in [7, 11) is 0. The predicted molar refractivity (Wildman–Crippen MR) is 102 cm³/mol. The van der Waals surface area contributed by atoms with Crippen LogP contribution < -0.4 is 22.1 Å². The molecule has 29 heavy (non-hydrogen) atoms. The van der Waals surface area contributed by atoms with Gasteiger partial charge in [-0.05, 0) is 25.8 Å². The van der Waals surface area contributed by atoms with Crippen LogP contribution in [0, 0.1) is 0 Å². The molecule has 0 aliphatic carbocycles. The van der Waals surface area contributed by atoms with Crippen molar-refractivity contribution < 1.29 is 30.8 Å². The van der Waals surface area contributed by atoms with Crippen LogP contribution in [0.3, 0.4) is 0 Å². The fourth-order valence-corrected chi connectivity index (χ4v) is 2.52. The third-order valence-electron chi connectivity index (χ3n) is 4.13. The maximum Gasteiger partial charge on any atom is 0.326 e. The predicted octanol–water partition coefficient (Wildman–Crippen LogP) is -1.67. The molecule has 1 aromatic heterocycles. The first-order chi connectivity index (χ1) is 14.8. The number of nitrogens with one attached hydrogen (secondary N) is 3. The minimum absolute atomic E-state index is 0.0769. The minimum atomic E-state index is -1.31. The number of unbranched alkanes of at least 4 members (excludes halogenated alkanes) is 1. The van der Waals surface area contributed by atoms with Gasteiger partial charge >= 0.3 is 11.9 Å². The van der Waals surface area contributed by atoms with Crippen molar-refractivity contribution in [2.24, 2.45) is 11.5 Å². The number of aromatic nitrogens is 2. The van der Waals surface area contributed by atoms with Crippen molar-refractivity contribution in [2.75, 3.05) is 6.54 Å². The van der Waals surface area contributed by atoms with Crippen molar-refractivity contribution in [3.63, 3.8) is 0 Å². The van der Waals surface area contributed by atoms with Gasteiger partial charge in [0.05, 0.1) is 12.4 Å². The van der Waals surface area contributed by atoms with Crippen LogP contribution in [0.1, 0.15) is 37.8 Å². The van der Waals surface area contributed by atoms with Crippen LogP contribution in [-0.4, -0.2) is 68.6 Å². The second-order valence-electron chi connectivity index (χ2n) is 6.49. The van der Waals surface area contributed by atoms with Crippen LogP contribution >= 0.6 is 0 Å². The number of aromatic amines is 1. The number of nitrogens with zero attached hydrogens (tertiary/aromatic N) is 1. The number of hydrogen-bond acceptors (Lipinski definition) is 8. The number of carbonyl (C=O) groups excluding carboxylic acids is 2. The van der Waals surface area contributed by atoms with E-state index in [0.29, 0.717) is 31.5 Å². The lowest BCUT2D eigenvalue weighted by molar-refractivity contribution is -0.143. The van der Waals surface area contributed by atoms with Crippen LogP contribution in [0.5, 0.6) is 0 Å². The zero-order chi connectivity index (χ0) is 23.2. The molecule has 0 fully saturated rings. The first-order valence-corrected chi connectivity index (χ1v) is 9.16. The molecule has 3 atom stereocenters. The zero-order valence-electron chi connectivity index (χ0n) is 17.8. The van der Waals surface area contributed by atoms with E-state index in [1.54, 1.807) is 0 Å². The van der Waals surface area contributed by atoms with E-state index in [-0.39, 0.29) is 19.3 Å². The van der Waals surface area contributed by atoms with E-state index < -0.39 is 41.9 Å². The summed E-state index contributed by atoms with van der Waals surface area (Å²) >= 11 is 0. The van der Waals surface area contributed by atoms with Crippen molar-refractivity contribution in [3.05, 3.63) is 18.2 Å². The Kier molecular flexibility index (Phi) is 8.91. The summed E-state index contributed by atoms with van der Waals surface area (Å²) in [5.74, 6) is -3.71. The molecule has 1 heterocycles. The fraction of sp³-hybridized carbons (Fsp3) is 0.588. The quantitative estimate of drug-likeness (QED) is 0.163. The molecule has 0 aliphatic rings. The molecule has 9 N–H and O–H groups in total. The molecule has 1 aromatic rings. The number of rotatable bonds is 15. The monoisotopic (exact) mass is 414 g/mol. The molecule has 0 bridgehead atoms. The Bertz CT molecular complexity index is 720. The topological polar surface area (TPSA) is 214 Å². The third-order valence-corrected chi connectivity index (χ3v) is 4.13. The maximum absolute atomic E-state index is 12.7. The van der Waals surface area contributed by atoms with Gasteiger partial charge in [0.1, 0.15) is 13.5 Å². The van der Waals surface area contributed by atoms with Crippen molar-refractivity contribution in [2.45, 2.75) is 56.7 Å². The lowest BCUT2D eigenvalue weighted by atomic mass is 10.1. The first kappa shape index (κ1) is 20.7. The largest absolute Gasteiger partial charge is 0.481 e. The molecule has 12 nitrogen and oxygen atoms in total. The molecule has 12 heteroatoms. The smallest absolute Gasteiger partial charge is 0.326 e. The first-order valence-electron chi connectivity index (χ1n) is 10.1. The molecule has 162 valence electrons. The Balaban J connectivity index is 2.85. The lowest BCUT2D eigenvalue weighted by Crippen LogP contribution is -2.55. The molecule has 0 unspecified atom stereocenters. The average Bonchev–Trinajstić information content (AvgIpc) is 3.26. The highest BCUT2D eigenvalue weighted by Gasteiger charge is 2.28. The maximum atomic E-state index is 12.7. The number of H-pyrrole nitrogens is 1.